The second-order valence-electron chi connectivity index (χ2n) is 6.01. The molecule has 0 bridgehead atoms. The van der Waals surface area contributed by atoms with Crippen molar-refractivity contribution in [2.45, 2.75) is 0 Å². The summed E-state index contributed by atoms with van der Waals surface area (Å²) in [6, 6.07) is 17.7. The number of aromatic nitrogens is 2. The normalized spacial score (nSPS) is 10.9. The van der Waals surface area contributed by atoms with Gasteiger partial charge in [0, 0.05) is 11.1 Å². The minimum atomic E-state index is -1.18. The Morgan fingerprint density at radius 3 is 2.37 bits per heavy atom. The molecule has 2 N–H and O–H groups in total. The van der Waals surface area contributed by atoms with Crippen LogP contribution >= 0.6 is 0 Å². The third kappa shape index (κ3) is 3.08. The first kappa shape index (κ1) is 16.7. The number of aromatic carboxylic acids is 1. The minimum absolute atomic E-state index is 0.106. The van der Waals surface area contributed by atoms with Gasteiger partial charge in [0.1, 0.15) is 11.6 Å². The maximum Gasteiger partial charge on any atom is 0.335 e. The first-order valence-electron chi connectivity index (χ1n) is 8.15. The van der Waals surface area contributed by atoms with Crippen LogP contribution in [0, 0.1) is 5.82 Å². The Hall–Kier alpha value is -3.80. The quantitative estimate of drug-likeness (QED) is 0.576. The summed E-state index contributed by atoms with van der Waals surface area (Å²) >= 11 is 0. The van der Waals surface area contributed by atoms with E-state index >= 15 is 0 Å². The molecule has 0 amide bonds. The van der Waals surface area contributed by atoms with Gasteiger partial charge in [-0.25, -0.2) is 14.2 Å². The number of hydrogen-bond donors (Lipinski definition) is 2. The number of benzene rings is 3. The fourth-order valence-electron chi connectivity index (χ4n) is 2.91. The Morgan fingerprint density at radius 1 is 0.963 bits per heavy atom. The number of carbonyl (C=O) groups is 1. The molecule has 0 aliphatic rings. The SMILES string of the molecule is O=C(O)c1ccc(-c2ccc(-c3nc4ccccc4c(=O)[nH]3)cc2)c(F)c1. The van der Waals surface area contributed by atoms with Crippen molar-refractivity contribution >= 4 is 16.9 Å². The van der Waals surface area contributed by atoms with Crippen molar-refractivity contribution in [2.24, 2.45) is 0 Å². The van der Waals surface area contributed by atoms with E-state index in [0.717, 1.165) is 6.07 Å². The number of rotatable bonds is 3. The van der Waals surface area contributed by atoms with Gasteiger partial charge in [-0.05, 0) is 29.8 Å². The molecule has 0 unspecified atom stereocenters. The van der Waals surface area contributed by atoms with E-state index in [1.807, 2.05) is 6.07 Å². The molecule has 0 spiro atoms. The molecule has 4 aromatic rings. The highest BCUT2D eigenvalue weighted by Gasteiger charge is 2.11. The monoisotopic (exact) mass is 360 g/mol. The van der Waals surface area contributed by atoms with Crippen LogP contribution in [0.15, 0.2) is 71.5 Å². The lowest BCUT2D eigenvalue weighted by molar-refractivity contribution is 0.0696. The van der Waals surface area contributed by atoms with Gasteiger partial charge >= 0.3 is 5.97 Å². The van der Waals surface area contributed by atoms with Gasteiger partial charge in [0.15, 0.2) is 0 Å². The molecule has 0 saturated heterocycles. The summed E-state index contributed by atoms with van der Waals surface area (Å²) in [6.45, 7) is 0. The Morgan fingerprint density at radius 2 is 1.67 bits per heavy atom. The first-order chi connectivity index (χ1) is 13.0. The zero-order chi connectivity index (χ0) is 19.0. The van der Waals surface area contributed by atoms with E-state index in [2.05, 4.69) is 9.97 Å². The maximum absolute atomic E-state index is 14.2. The average Bonchev–Trinajstić information content (AvgIpc) is 2.68. The maximum atomic E-state index is 14.2. The average molecular weight is 360 g/mol. The highest BCUT2D eigenvalue weighted by Crippen LogP contribution is 2.26. The number of H-pyrrole nitrogens is 1. The Labute approximate surface area is 152 Å². The standard InChI is InChI=1S/C21H13FN2O3/c22-17-11-14(21(26)27)9-10-15(17)12-5-7-13(8-6-12)19-23-18-4-2-1-3-16(18)20(25)24-19/h1-11H,(H,26,27)(H,23,24,25). The molecule has 1 aromatic heterocycles. The van der Waals surface area contributed by atoms with E-state index < -0.39 is 11.8 Å². The van der Waals surface area contributed by atoms with E-state index in [1.165, 1.54) is 12.1 Å². The van der Waals surface area contributed by atoms with Crippen molar-refractivity contribution in [3.05, 3.63) is 88.5 Å². The van der Waals surface area contributed by atoms with Crippen LogP contribution in [-0.2, 0) is 0 Å². The van der Waals surface area contributed by atoms with Gasteiger partial charge in [-0.15, -0.1) is 0 Å². The number of halogens is 1. The zero-order valence-corrected chi connectivity index (χ0v) is 13.9. The highest BCUT2D eigenvalue weighted by molar-refractivity contribution is 5.88. The predicted octanol–water partition coefficient (Wildman–Crippen LogP) is 4.09. The predicted molar refractivity (Wildman–Crippen MR) is 100 cm³/mol. The number of carboxylic acid groups (broad SMARTS) is 1. The van der Waals surface area contributed by atoms with Gasteiger partial charge in [-0.2, -0.15) is 0 Å². The Balaban J connectivity index is 1.73. The molecule has 6 heteroatoms. The summed E-state index contributed by atoms with van der Waals surface area (Å²) in [7, 11) is 0. The largest absolute Gasteiger partial charge is 0.478 e. The number of hydrogen-bond acceptors (Lipinski definition) is 3. The molecule has 3 aromatic carbocycles. The van der Waals surface area contributed by atoms with E-state index in [1.54, 1.807) is 42.5 Å². The topological polar surface area (TPSA) is 83.0 Å². The van der Waals surface area contributed by atoms with Crippen LogP contribution in [0.1, 0.15) is 10.4 Å². The van der Waals surface area contributed by atoms with E-state index in [-0.39, 0.29) is 11.1 Å². The summed E-state index contributed by atoms with van der Waals surface area (Å²) in [5.74, 6) is -1.37. The number of nitrogens with zero attached hydrogens (tertiary/aromatic N) is 1. The Bertz CT molecular complexity index is 1230. The Kier molecular flexibility index (Phi) is 4.01. The van der Waals surface area contributed by atoms with Crippen molar-refractivity contribution in [3.63, 3.8) is 0 Å². The van der Waals surface area contributed by atoms with Crippen LogP contribution in [0.2, 0.25) is 0 Å². The lowest BCUT2D eigenvalue weighted by Crippen LogP contribution is -2.09. The fraction of sp³-hybridized carbons (Fsp3) is 0. The van der Waals surface area contributed by atoms with Gasteiger partial charge in [0.2, 0.25) is 0 Å². The summed E-state index contributed by atoms with van der Waals surface area (Å²) in [5.41, 5.74) is 1.84. The second-order valence-corrected chi connectivity index (χ2v) is 6.01. The van der Waals surface area contributed by atoms with E-state index in [9.17, 15) is 14.0 Å². The molecule has 0 fully saturated rings. The van der Waals surface area contributed by atoms with Crippen molar-refractivity contribution in [3.8, 4) is 22.5 Å². The molecule has 5 nitrogen and oxygen atoms in total. The van der Waals surface area contributed by atoms with Crippen molar-refractivity contribution in [1.82, 2.24) is 9.97 Å². The van der Waals surface area contributed by atoms with E-state index in [0.29, 0.717) is 33.4 Å². The molecule has 1 heterocycles. The van der Waals surface area contributed by atoms with Gasteiger partial charge in [0.25, 0.3) is 5.56 Å². The molecule has 27 heavy (non-hydrogen) atoms. The fourth-order valence-corrected chi connectivity index (χ4v) is 2.91. The number of fused-ring (bicyclic) bond motifs is 1. The smallest absolute Gasteiger partial charge is 0.335 e. The molecule has 0 atom stereocenters. The zero-order valence-electron chi connectivity index (χ0n) is 13.9. The molecule has 0 radical (unpaired) electrons. The molecule has 0 aliphatic carbocycles. The lowest BCUT2D eigenvalue weighted by atomic mass is 10.0. The summed E-state index contributed by atoms with van der Waals surface area (Å²) in [6.07, 6.45) is 0. The molecular formula is C21H13FN2O3. The molecule has 0 aliphatic heterocycles. The second kappa shape index (κ2) is 6.49. The molecular weight excluding hydrogens is 347 g/mol. The van der Waals surface area contributed by atoms with E-state index in [4.69, 9.17) is 5.11 Å². The van der Waals surface area contributed by atoms with Crippen LogP contribution < -0.4 is 5.56 Å². The van der Waals surface area contributed by atoms with Crippen molar-refractivity contribution in [1.29, 1.82) is 0 Å². The molecule has 132 valence electrons. The number of para-hydroxylation sites is 1. The number of nitrogens with one attached hydrogen (secondary N) is 1. The summed E-state index contributed by atoms with van der Waals surface area (Å²) < 4.78 is 14.2. The number of aromatic amines is 1. The van der Waals surface area contributed by atoms with Crippen LogP contribution in [0.3, 0.4) is 0 Å². The van der Waals surface area contributed by atoms with Gasteiger partial charge in [0.05, 0.1) is 16.5 Å². The van der Waals surface area contributed by atoms with Crippen LogP contribution in [-0.4, -0.2) is 21.0 Å². The van der Waals surface area contributed by atoms with Crippen molar-refractivity contribution < 1.29 is 14.3 Å². The molecule has 4 rings (SSSR count). The highest BCUT2D eigenvalue weighted by atomic mass is 19.1. The summed E-state index contributed by atoms with van der Waals surface area (Å²) in [4.78, 5) is 30.3. The van der Waals surface area contributed by atoms with Gasteiger partial charge < -0.3 is 10.1 Å². The van der Waals surface area contributed by atoms with Crippen LogP contribution in [0.25, 0.3) is 33.4 Å². The number of carboxylic acids is 1. The van der Waals surface area contributed by atoms with Crippen LogP contribution in [0.4, 0.5) is 4.39 Å². The molecule has 0 saturated carbocycles. The van der Waals surface area contributed by atoms with Crippen LogP contribution in [0.5, 0.6) is 0 Å². The third-order valence-electron chi connectivity index (χ3n) is 4.30. The van der Waals surface area contributed by atoms with Crippen molar-refractivity contribution in [2.75, 3.05) is 0 Å². The third-order valence-corrected chi connectivity index (χ3v) is 4.30. The lowest BCUT2D eigenvalue weighted by Gasteiger charge is -2.07. The summed E-state index contributed by atoms with van der Waals surface area (Å²) in [5, 5.41) is 9.44. The minimum Gasteiger partial charge on any atom is -0.478 e. The van der Waals surface area contributed by atoms with Gasteiger partial charge in [-0.3, -0.25) is 4.79 Å². The van der Waals surface area contributed by atoms with Gasteiger partial charge in [-0.1, -0.05) is 42.5 Å². The first-order valence-corrected chi connectivity index (χ1v) is 8.15.